The van der Waals surface area contributed by atoms with E-state index >= 15 is 0 Å². The molecule has 0 unspecified atom stereocenters. The van der Waals surface area contributed by atoms with Gasteiger partial charge in [0.2, 0.25) is 5.91 Å². The second-order valence-electron chi connectivity index (χ2n) is 3.92. The highest BCUT2D eigenvalue weighted by molar-refractivity contribution is 5.92. The first-order chi connectivity index (χ1) is 7.54. The lowest BCUT2D eigenvalue weighted by Crippen LogP contribution is -2.13. The van der Waals surface area contributed by atoms with Gasteiger partial charge in [-0.15, -0.1) is 0 Å². The van der Waals surface area contributed by atoms with E-state index < -0.39 is 0 Å². The minimum absolute atomic E-state index is 0.120. The maximum Gasteiger partial charge on any atom is 0.224 e. The van der Waals surface area contributed by atoms with Gasteiger partial charge >= 0.3 is 0 Å². The number of carbonyl (C=O) groups excluding carboxylic acids is 1. The molecule has 1 aromatic carbocycles. The summed E-state index contributed by atoms with van der Waals surface area (Å²) in [7, 11) is 0. The molecule has 0 bridgehead atoms. The van der Waals surface area contributed by atoms with Crippen LogP contribution in [0.15, 0.2) is 12.1 Å². The molecule has 1 rings (SSSR count). The molecular formula is C12H18N2O2. The normalized spacial score (nSPS) is 10.2. The van der Waals surface area contributed by atoms with Crippen LogP contribution in [0.2, 0.25) is 0 Å². The number of carbonyl (C=O) groups is 1. The third kappa shape index (κ3) is 3.24. The Morgan fingerprint density at radius 2 is 2.12 bits per heavy atom. The number of hydrogen-bond acceptors (Lipinski definition) is 3. The number of benzene rings is 1. The van der Waals surface area contributed by atoms with Crippen LogP contribution in [-0.2, 0) is 4.79 Å². The fourth-order valence-electron chi connectivity index (χ4n) is 1.53. The SMILES string of the molecule is Cc1cc(C)c(O)c(NC(=O)CCCN)c1. The van der Waals surface area contributed by atoms with Crippen LogP contribution in [0.5, 0.6) is 5.75 Å². The van der Waals surface area contributed by atoms with Crippen molar-refractivity contribution in [3.8, 4) is 5.75 Å². The fourth-order valence-corrected chi connectivity index (χ4v) is 1.53. The molecule has 0 saturated heterocycles. The molecule has 88 valence electrons. The number of rotatable bonds is 4. The number of anilines is 1. The molecule has 0 heterocycles. The fraction of sp³-hybridized carbons (Fsp3) is 0.417. The molecule has 16 heavy (non-hydrogen) atoms. The summed E-state index contributed by atoms with van der Waals surface area (Å²) in [5.41, 5.74) is 7.55. The van der Waals surface area contributed by atoms with Gasteiger partial charge in [0.05, 0.1) is 5.69 Å². The molecule has 0 aliphatic rings. The van der Waals surface area contributed by atoms with E-state index in [2.05, 4.69) is 5.32 Å². The third-order valence-corrected chi connectivity index (χ3v) is 2.33. The summed E-state index contributed by atoms with van der Waals surface area (Å²) in [4.78, 5) is 11.5. The average Bonchev–Trinajstić information content (AvgIpc) is 2.22. The van der Waals surface area contributed by atoms with Crippen molar-refractivity contribution in [2.45, 2.75) is 26.7 Å². The van der Waals surface area contributed by atoms with Crippen LogP contribution < -0.4 is 11.1 Å². The van der Waals surface area contributed by atoms with Crippen LogP contribution in [0, 0.1) is 13.8 Å². The molecule has 0 saturated carbocycles. The highest BCUT2D eigenvalue weighted by Crippen LogP contribution is 2.28. The molecule has 0 spiro atoms. The van der Waals surface area contributed by atoms with Crippen LogP contribution in [0.1, 0.15) is 24.0 Å². The number of aromatic hydroxyl groups is 1. The van der Waals surface area contributed by atoms with Crippen molar-refractivity contribution in [2.24, 2.45) is 5.73 Å². The van der Waals surface area contributed by atoms with Crippen molar-refractivity contribution >= 4 is 11.6 Å². The van der Waals surface area contributed by atoms with Crippen molar-refractivity contribution in [2.75, 3.05) is 11.9 Å². The number of phenolic OH excluding ortho intramolecular Hbond substituents is 1. The van der Waals surface area contributed by atoms with Crippen molar-refractivity contribution in [3.05, 3.63) is 23.3 Å². The Bertz CT molecular complexity index is 389. The Balaban J connectivity index is 2.77. The Hall–Kier alpha value is -1.55. The number of hydrogen-bond donors (Lipinski definition) is 3. The third-order valence-electron chi connectivity index (χ3n) is 2.33. The molecule has 4 N–H and O–H groups in total. The van der Waals surface area contributed by atoms with E-state index in [1.165, 1.54) is 0 Å². The van der Waals surface area contributed by atoms with Crippen molar-refractivity contribution in [3.63, 3.8) is 0 Å². The van der Waals surface area contributed by atoms with Gasteiger partial charge in [0, 0.05) is 6.42 Å². The number of nitrogens with two attached hydrogens (primary N) is 1. The molecule has 4 nitrogen and oxygen atoms in total. The van der Waals surface area contributed by atoms with Crippen LogP contribution in [0.4, 0.5) is 5.69 Å². The Morgan fingerprint density at radius 1 is 1.44 bits per heavy atom. The van der Waals surface area contributed by atoms with E-state index in [1.807, 2.05) is 13.0 Å². The smallest absolute Gasteiger partial charge is 0.224 e. The van der Waals surface area contributed by atoms with Gasteiger partial charge in [0.25, 0.3) is 0 Å². The zero-order valence-corrected chi connectivity index (χ0v) is 9.71. The van der Waals surface area contributed by atoms with Gasteiger partial charge in [0.15, 0.2) is 0 Å². The van der Waals surface area contributed by atoms with Crippen molar-refractivity contribution < 1.29 is 9.90 Å². The minimum atomic E-state index is -0.120. The summed E-state index contributed by atoms with van der Waals surface area (Å²) >= 11 is 0. The summed E-state index contributed by atoms with van der Waals surface area (Å²) in [6.45, 7) is 4.21. The molecule has 0 atom stereocenters. The van der Waals surface area contributed by atoms with Crippen LogP contribution in [0.25, 0.3) is 0 Å². The second-order valence-corrected chi connectivity index (χ2v) is 3.92. The zero-order valence-electron chi connectivity index (χ0n) is 9.71. The first kappa shape index (κ1) is 12.5. The standard InChI is InChI=1S/C12H18N2O2/c1-8-6-9(2)12(16)10(7-8)14-11(15)4-3-5-13/h6-7,16H,3-5,13H2,1-2H3,(H,14,15). The minimum Gasteiger partial charge on any atom is -0.505 e. The number of aryl methyl sites for hydroxylation is 2. The maximum absolute atomic E-state index is 11.5. The topological polar surface area (TPSA) is 75.3 Å². The van der Waals surface area contributed by atoms with E-state index in [9.17, 15) is 9.90 Å². The molecular weight excluding hydrogens is 204 g/mol. The molecule has 1 aromatic rings. The summed E-state index contributed by atoms with van der Waals surface area (Å²) in [5.74, 6) is 0.0115. The molecule has 0 aliphatic carbocycles. The zero-order chi connectivity index (χ0) is 12.1. The van der Waals surface area contributed by atoms with E-state index in [4.69, 9.17) is 5.73 Å². The Morgan fingerprint density at radius 3 is 2.75 bits per heavy atom. The van der Waals surface area contributed by atoms with E-state index in [1.54, 1.807) is 13.0 Å². The lowest BCUT2D eigenvalue weighted by molar-refractivity contribution is -0.116. The van der Waals surface area contributed by atoms with Gasteiger partial charge in [-0.3, -0.25) is 4.79 Å². The highest BCUT2D eigenvalue weighted by Gasteiger charge is 2.08. The molecule has 4 heteroatoms. The monoisotopic (exact) mass is 222 g/mol. The predicted octanol–water partition coefficient (Wildman–Crippen LogP) is 1.69. The lowest BCUT2D eigenvalue weighted by atomic mass is 10.1. The van der Waals surface area contributed by atoms with Gasteiger partial charge in [-0.2, -0.15) is 0 Å². The van der Waals surface area contributed by atoms with Crippen molar-refractivity contribution in [1.29, 1.82) is 0 Å². The second kappa shape index (κ2) is 5.51. The van der Waals surface area contributed by atoms with E-state index in [0.29, 0.717) is 25.1 Å². The van der Waals surface area contributed by atoms with Crippen LogP contribution >= 0.6 is 0 Å². The molecule has 0 fully saturated rings. The average molecular weight is 222 g/mol. The van der Waals surface area contributed by atoms with Crippen LogP contribution in [-0.4, -0.2) is 17.6 Å². The maximum atomic E-state index is 11.5. The number of nitrogens with one attached hydrogen (secondary N) is 1. The number of phenols is 1. The molecule has 0 aromatic heterocycles. The van der Waals surface area contributed by atoms with Crippen LogP contribution in [0.3, 0.4) is 0 Å². The molecule has 0 radical (unpaired) electrons. The summed E-state index contributed by atoms with van der Waals surface area (Å²) in [6.07, 6.45) is 1.03. The summed E-state index contributed by atoms with van der Waals surface area (Å²) < 4.78 is 0. The summed E-state index contributed by atoms with van der Waals surface area (Å²) in [6, 6.07) is 3.62. The first-order valence-corrected chi connectivity index (χ1v) is 5.34. The van der Waals surface area contributed by atoms with Gasteiger partial charge in [-0.25, -0.2) is 0 Å². The van der Waals surface area contributed by atoms with Gasteiger partial charge in [-0.1, -0.05) is 6.07 Å². The molecule has 0 aliphatic heterocycles. The Labute approximate surface area is 95.5 Å². The van der Waals surface area contributed by atoms with Gasteiger partial charge < -0.3 is 16.2 Å². The van der Waals surface area contributed by atoms with Gasteiger partial charge in [0.1, 0.15) is 5.75 Å². The Kier molecular flexibility index (Phi) is 4.31. The number of amides is 1. The predicted molar refractivity (Wildman–Crippen MR) is 64.5 cm³/mol. The van der Waals surface area contributed by atoms with Crippen molar-refractivity contribution in [1.82, 2.24) is 0 Å². The lowest BCUT2D eigenvalue weighted by Gasteiger charge is -2.10. The highest BCUT2D eigenvalue weighted by atomic mass is 16.3. The van der Waals surface area contributed by atoms with Gasteiger partial charge in [-0.05, 0) is 44.0 Å². The quantitative estimate of drug-likeness (QED) is 0.678. The van der Waals surface area contributed by atoms with E-state index in [-0.39, 0.29) is 11.7 Å². The van der Waals surface area contributed by atoms with E-state index in [0.717, 1.165) is 11.1 Å². The summed E-state index contributed by atoms with van der Waals surface area (Å²) in [5, 5.41) is 12.4. The first-order valence-electron chi connectivity index (χ1n) is 5.34. The molecule has 1 amide bonds. The largest absolute Gasteiger partial charge is 0.505 e.